The van der Waals surface area contributed by atoms with Crippen molar-refractivity contribution in [3.8, 4) is 17.7 Å². The Bertz CT molecular complexity index is 682. The molecule has 0 saturated heterocycles. The van der Waals surface area contributed by atoms with Crippen LogP contribution in [0.3, 0.4) is 0 Å². The van der Waals surface area contributed by atoms with E-state index in [0.29, 0.717) is 0 Å². The molecule has 0 aliphatic heterocycles. The van der Waals surface area contributed by atoms with Crippen molar-refractivity contribution < 1.29 is 19.0 Å². The lowest BCUT2D eigenvalue weighted by molar-refractivity contribution is 0.0693. The number of ether oxygens (including phenoxy) is 1. The average molecular weight is 259 g/mol. The van der Waals surface area contributed by atoms with Gasteiger partial charge in [0.25, 0.3) is 5.88 Å². The van der Waals surface area contributed by atoms with Crippen LogP contribution in [0.4, 0.5) is 4.39 Å². The Hall–Kier alpha value is -3.01. The van der Waals surface area contributed by atoms with E-state index in [9.17, 15) is 9.18 Å². The highest BCUT2D eigenvalue weighted by Crippen LogP contribution is 2.26. The van der Waals surface area contributed by atoms with Crippen molar-refractivity contribution in [2.45, 2.75) is 0 Å². The van der Waals surface area contributed by atoms with Crippen LogP contribution in [0, 0.1) is 17.1 Å². The normalized spacial score (nSPS) is 9.68. The van der Waals surface area contributed by atoms with Crippen molar-refractivity contribution >= 4 is 5.97 Å². The van der Waals surface area contributed by atoms with Crippen LogP contribution in [0.15, 0.2) is 30.5 Å². The van der Waals surface area contributed by atoms with Crippen LogP contribution in [0.1, 0.15) is 15.9 Å². The number of nitrogens with zero attached hydrogens (tertiary/aromatic N) is 3. The monoisotopic (exact) mass is 259 g/mol. The zero-order valence-electron chi connectivity index (χ0n) is 9.37. The molecule has 1 heterocycles. The third-order valence-electron chi connectivity index (χ3n) is 2.19. The van der Waals surface area contributed by atoms with Gasteiger partial charge in [0.2, 0.25) is 0 Å². The molecule has 94 valence electrons. The van der Waals surface area contributed by atoms with E-state index in [2.05, 4.69) is 10.2 Å². The van der Waals surface area contributed by atoms with Gasteiger partial charge in [0, 0.05) is 0 Å². The molecule has 2 aromatic rings. The lowest BCUT2D eigenvalue weighted by atomic mass is 10.2. The minimum absolute atomic E-state index is 0.0932. The summed E-state index contributed by atoms with van der Waals surface area (Å²) in [4.78, 5) is 11.0. The highest BCUT2D eigenvalue weighted by molar-refractivity contribution is 5.91. The molecule has 0 unspecified atom stereocenters. The number of hydrogen-bond acceptors (Lipinski definition) is 5. The first-order valence-electron chi connectivity index (χ1n) is 5.04. The van der Waals surface area contributed by atoms with Crippen molar-refractivity contribution in [3.63, 3.8) is 0 Å². The Morgan fingerprint density at radius 2 is 2.21 bits per heavy atom. The van der Waals surface area contributed by atoms with E-state index in [1.807, 2.05) is 6.07 Å². The van der Waals surface area contributed by atoms with Gasteiger partial charge in [-0.1, -0.05) is 0 Å². The summed E-state index contributed by atoms with van der Waals surface area (Å²) in [5.74, 6) is -2.31. The Balaban J connectivity index is 2.44. The first-order chi connectivity index (χ1) is 9.11. The summed E-state index contributed by atoms with van der Waals surface area (Å²) >= 11 is 0. The van der Waals surface area contributed by atoms with Gasteiger partial charge in [0.15, 0.2) is 0 Å². The fourth-order valence-corrected chi connectivity index (χ4v) is 1.34. The molecule has 2 rings (SSSR count). The number of aromatic nitrogens is 2. The predicted octanol–water partition coefficient (Wildman–Crippen LogP) is 1.98. The molecule has 1 N–H and O–H groups in total. The summed E-state index contributed by atoms with van der Waals surface area (Å²) in [7, 11) is 0. The zero-order valence-corrected chi connectivity index (χ0v) is 9.37. The number of carbonyl (C=O) groups is 1. The molecule has 1 aromatic heterocycles. The summed E-state index contributed by atoms with van der Waals surface area (Å²) in [6.45, 7) is 0. The summed E-state index contributed by atoms with van der Waals surface area (Å²) in [5.41, 5.74) is -0.273. The topological polar surface area (TPSA) is 96.1 Å². The second-order valence-corrected chi connectivity index (χ2v) is 3.41. The van der Waals surface area contributed by atoms with Crippen LogP contribution in [-0.4, -0.2) is 21.3 Å². The third kappa shape index (κ3) is 2.63. The van der Waals surface area contributed by atoms with Crippen LogP contribution < -0.4 is 4.74 Å². The van der Waals surface area contributed by atoms with Gasteiger partial charge in [-0.05, 0) is 24.3 Å². The number of hydrogen-bond donors (Lipinski definition) is 1. The molecule has 1 aromatic carbocycles. The van der Waals surface area contributed by atoms with Gasteiger partial charge >= 0.3 is 5.97 Å². The second kappa shape index (κ2) is 5.10. The van der Waals surface area contributed by atoms with E-state index in [1.165, 1.54) is 12.3 Å². The summed E-state index contributed by atoms with van der Waals surface area (Å²) in [6.07, 6.45) is 1.30. The Labute approximate surface area is 106 Å². The van der Waals surface area contributed by atoms with Crippen molar-refractivity contribution in [2.24, 2.45) is 0 Å². The molecule has 0 saturated carbocycles. The number of halogens is 1. The van der Waals surface area contributed by atoms with Crippen LogP contribution in [0.25, 0.3) is 0 Å². The number of aromatic carboxylic acids is 1. The smallest absolute Gasteiger partial charge is 0.339 e. The maximum Gasteiger partial charge on any atom is 0.339 e. The van der Waals surface area contributed by atoms with Crippen LogP contribution >= 0.6 is 0 Å². The van der Waals surface area contributed by atoms with Crippen LogP contribution in [0.5, 0.6) is 11.6 Å². The van der Waals surface area contributed by atoms with E-state index in [0.717, 1.165) is 18.2 Å². The maximum absolute atomic E-state index is 13.0. The molecule has 0 atom stereocenters. The van der Waals surface area contributed by atoms with E-state index < -0.39 is 11.8 Å². The van der Waals surface area contributed by atoms with Crippen molar-refractivity contribution in [3.05, 3.63) is 47.4 Å². The van der Waals surface area contributed by atoms with Crippen molar-refractivity contribution in [1.82, 2.24) is 10.2 Å². The molecule has 0 bridgehead atoms. The van der Waals surface area contributed by atoms with Crippen LogP contribution in [-0.2, 0) is 0 Å². The quantitative estimate of drug-likeness (QED) is 0.905. The SMILES string of the molecule is N#Cc1ccnnc1Oc1ccc(F)cc1C(=O)O. The number of nitriles is 1. The highest BCUT2D eigenvalue weighted by atomic mass is 19.1. The lowest BCUT2D eigenvalue weighted by Gasteiger charge is -2.08. The van der Waals surface area contributed by atoms with Gasteiger partial charge in [-0.15, -0.1) is 5.10 Å². The number of carboxylic acid groups (broad SMARTS) is 1. The first-order valence-corrected chi connectivity index (χ1v) is 5.04. The van der Waals surface area contributed by atoms with Gasteiger partial charge in [-0.25, -0.2) is 9.18 Å². The third-order valence-corrected chi connectivity index (χ3v) is 2.19. The van der Waals surface area contributed by atoms with Crippen LogP contribution in [0.2, 0.25) is 0 Å². The number of rotatable bonds is 3. The maximum atomic E-state index is 13.0. The Morgan fingerprint density at radius 3 is 2.89 bits per heavy atom. The van der Waals surface area contributed by atoms with Gasteiger partial charge in [0.1, 0.15) is 28.8 Å². The molecule has 0 aliphatic rings. The standard InChI is InChI=1S/C12H6FN3O3/c13-8-1-2-10(9(5-8)12(17)18)19-11-7(6-14)3-4-15-16-11/h1-5H,(H,17,18). The number of benzene rings is 1. The van der Waals surface area contributed by atoms with E-state index in [1.54, 1.807) is 0 Å². The Morgan fingerprint density at radius 1 is 1.42 bits per heavy atom. The molecular weight excluding hydrogens is 253 g/mol. The van der Waals surface area contributed by atoms with Gasteiger partial charge in [-0.2, -0.15) is 10.4 Å². The average Bonchev–Trinajstić information content (AvgIpc) is 2.41. The molecule has 19 heavy (non-hydrogen) atoms. The molecule has 0 spiro atoms. The molecule has 0 amide bonds. The van der Waals surface area contributed by atoms with Crippen molar-refractivity contribution in [2.75, 3.05) is 0 Å². The molecular formula is C12H6FN3O3. The minimum atomic E-state index is -1.35. The zero-order chi connectivity index (χ0) is 13.8. The predicted molar refractivity (Wildman–Crippen MR) is 60.2 cm³/mol. The molecule has 7 heteroatoms. The highest BCUT2D eigenvalue weighted by Gasteiger charge is 2.15. The molecule has 0 radical (unpaired) electrons. The van der Waals surface area contributed by atoms with E-state index >= 15 is 0 Å². The second-order valence-electron chi connectivity index (χ2n) is 3.41. The van der Waals surface area contributed by atoms with E-state index in [4.69, 9.17) is 15.1 Å². The minimum Gasteiger partial charge on any atom is -0.478 e. The largest absolute Gasteiger partial charge is 0.478 e. The van der Waals surface area contributed by atoms with Gasteiger partial charge < -0.3 is 9.84 Å². The Kier molecular flexibility index (Phi) is 3.34. The fourth-order valence-electron chi connectivity index (χ4n) is 1.34. The molecule has 0 fully saturated rings. The summed E-state index contributed by atoms with van der Waals surface area (Å²) in [6, 6.07) is 6.21. The fraction of sp³-hybridized carbons (Fsp3) is 0. The van der Waals surface area contributed by atoms with Crippen molar-refractivity contribution in [1.29, 1.82) is 5.26 Å². The lowest BCUT2D eigenvalue weighted by Crippen LogP contribution is -2.02. The summed E-state index contributed by atoms with van der Waals surface area (Å²) < 4.78 is 18.2. The number of carboxylic acids is 1. The van der Waals surface area contributed by atoms with Gasteiger partial charge in [-0.3, -0.25) is 0 Å². The first kappa shape index (κ1) is 12.4. The molecule has 0 aliphatic carbocycles. The van der Waals surface area contributed by atoms with Gasteiger partial charge in [0.05, 0.1) is 6.20 Å². The van der Waals surface area contributed by atoms with E-state index in [-0.39, 0.29) is 22.8 Å². The molecule has 6 nitrogen and oxygen atoms in total. The summed E-state index contributed by atoms with van der Waals surface area (Å²) in [5, 5.41) is 24.9.